The Labute approximate surface area is 133 Å². The number of ether oxygens (including phenoxy) is 1. The Morgan fingerprint density at radius 2 is 2.00 bits per heavy atom. The van der Waals surface area contributed by atoms with Gasteiger partial charge in [-0.2, -0.15) is 0 Å². The van der Waals surface area contributed by atoms with E-state index in [9.17, 15) is 4.79 Å². The molecule has 1 aliphatic rings. The molecule has 1 rings (SSSR count). The fourth-order valence-corrected chi connectivity index (χ4v) is 3.37. The van der Waals surface area contributed by atoms with Crippen LogP contribution < -0.4 is 5.14 Å². The van der Waals surface area contributed by atoms with Crippen LogP contribution in [0.4, 0.5) is 4.79 Å². The van der Waals surface area contributed by atoms with E-state index >= 15 is 0 Å². The minimum Gasteiger partial charge on any atom is -0.444 e. The number of carbonyl (C=O) groups excluding carboxylic acids is 1. The first-order valence-electron chi connectivity index (χ1n) is 7.32. The summed E-state index contributed by atoms with van der Waals surface area (Å²) in [6.07, 6.45) is 4.00. The van der Waals surface area contributed by atoms with Crippen LogP contribution in [0.2, 0.25) is 0 Å². The van der Waals surface area contributed by atoms with Gasteiger partial charge in [-0.1, -0.05) is 24.3 Å². The summed E-state index contributed by atoms with van der Waals surface area (Å²) in [5.41, 5.74) is 0.318. The summed E-state index contributed by atoms with van der Waals surface area (Å²) < 4.78 is 21.2. The molecule has 126 valence electrons. The van der Waals surface area contributed by atoms with Crippen LogP contribution in [0.1, 0.15) is 34.1 Å². The van der Waals surface area contributed by atoms with Gasteiger partial charge in [0.1, 0.15) is 5.60 Å². The first-order chi connectivity index (χ1) is 9.94. The van der Waals surface area contributed by atoms with E-state index in [2.05, 4.69) is 6.58 Å². The Hall–Kier alpha value is -1.34. The fourth-order valence-electron chi connectivity index (χ4n) is 2.42. The van der Waals surface area contributed by atoms with Crippen molar-refractivity contribution in [1.29, 1.82) is 9.56 Å². The molecule has 0 bridgehead atoms. The van der Waals surface area contributed by atoms with Crippen LogP contribution in [0, 0.1) is 15.5 Å². The first kappa shape index (κ1) is 18.7. The third kappa shape index (κ3) is 5.46. The van der Waals surface area contributed by atoms with E-state index in [1.165, 1.54) is 0 Å². The van der Waals surface area contributed by atoms with Crippen LogP contribution in [-0.2, 0) is 14.5 Å². The number of hydrogen-bond donors (Lipinski definition) is 3. The molecule has 0 aromatic heterocycles. The molecule has 0 aromatic rings. The SMILES string of the molecule is C=C(/C=C\C)[C@H]1C[C@H](S(=N)(=N)N)CN(C(=O)OC(C)(C)C)C1. The molecule has 0 saturated carbocycles. The molecule has 1 amide bonds. The number of allylic oxidation sites excluding steroid dienone is 2. The molecule has 22 heavy (non-hydrogen) atoms. The fraction of sp³-hybridized carbons (Fsp3) is 0.667. The van der Waals surface area contributed by atoms with E-state index in [1.807, 2.05) is 39.8 Å². The number of nitrogens with zero attached hydrogens (tertiary/aromatic N) is 1. The average Bonchev–Trinajstić information content (AvgIpc) is 2.35. The molecule has 0 aromatic carbocycles. The maximum Gasteiger partial charge on any atom is 0.410 e. The molecule has 2 atom stereocenters. The van der Waals surface area contributed by atoms with Gasteiger partial charge in [0.2, 0.25) is 0 Å². The van der Waals surface area contributed by atoms with Crippen LogP contribution in [0.15, 0.2) is 24.3 Å². The normalized spacial score (nSPS) is 23.6. The van der Waals surface area contributed by atoms with Crippen LogP contribution >= 0.6 is 0 Å². The molecular formula is C15H28N4O2S. The predicted octanol–water partition coefficient (Wildman–Crippen LogP) is 3.30. The monoisotopic (exact) mass is 328 g/mol. The van der Waals surface area contributed by atoms with Gasteiger partial charge in [-0.05, 0) is 43.9 Å². The summed E-state index contributed by atoms with van der Waals surface area (Å²) in [5.74, 6) is 0.00796. The number of nitrogens with two attached hydrogens (primary N) is 1. The number of piperidine rings is 1. The lowest BCUT2D eigenvalue weighted by Gasteiger charge is -2.39. The van der Waals surface area contributed by atoms with Crippen molar-refractivity contribution in [2.45, 2.75) is 45.0 Å². The van der Waals surface area contributed by atoms with Gasteiger partial charge >= 0.3 is 6.09 Å². The minimum absolute atomic E-state index is 0.00796. The molecule has 1 aliphatic heterocycles. The highest BCUT2D eigenvalue weighted by Gasteiger charge is 2.35. The lowest BCUT2D eigenvalue weighted by atomic mass is 9.91. The van der Waals surface area contributed by atoms with Crippen molar-refractivity contribution in [3.63, 3.8) is 0 Å². The van der Waals surface area contributed by atoms with E-state index in [0.29, 0.717) is 19.5 Å². The molecule has 4 N–H and O–H groups in total. The Balaban J connectivity index is 2.98. The molecule has 1 saturated heterocycles. The largest absolute Gasteiger partial charge is 0.444 e. The summed E-state index contributed by atoms with van der Waals surface area (Å²) in [6, 6.07) is 0. The number of carbonyl (C=O) groups is 1. The third-order valence-corrected chi connectivity index (χ3v) is 4.89. The highest BCUT2D eigenvalue weighted by molar-refractivity contribution is 7.91. The topological polar surface area (TPSA) is 103 Å². The van der Waals surface area contributed by atoms with E-state index in [0.717, 1.165) is 5.57 Å². The van der Waals surface area contributed by atoms with Gasteiger partial charge in [0.25, 0.3) is 0 Å². The van der Waals surface area contributed by atoms with Crippen molar-refractivity contribution in [3.05, 3.63) is 24.3 Å². The van der Waals surface area contributed by atoms with Gasteiger partial charge in [-0.15, -0.1) is 0 Å². The summed E-state index contributed by atoms with van der Waals surface area (Å²) in [4.78, 5) is 13.9. The van der Waals surface area contributed by atoms with Gasteiger partial charge in [-0.25, -0.2) is 4.79 Å². The summed E-state index contributed by atoms with van der Waals surface area (Å²) in [6.45, 7) is 12.2. The molecule has 0 aliphatic carbocycles. The number of amides is 1. The molecular weight excluding hydrogens is 300 g/mol. The van der Waals surface area contributed by atoms with Gasteiger partial charge in [0.15, 0.2) is 0 Å². The molecule has 0 radical (unpaired) electrons. The van der Waals surface area contributed by atoms with Gasteiger partial charge < -0.3 is 9.64 Å². The Kier molecular flexibility index (Phi) is 5.81. The highest BCUT2D eigenvalue weighted by Crippen LogP contribution is 2.28. The van der Waals surface area contributed by atoms with Crippen molar-refractivity contribution >= 4 is 15.9 Å². The number of likely N-dealkylation sites (tertiary alicyclic amines) is 1. The lowest BCUT2D eigenvalue weighted by Crippen LogP contribution is -2.51. The van der Waals surface area contributed by atoms with E-state index < -0.39 is 21.5 Å². The van der Waals surface area contributed by atoms with Crippen molar-refractivity contribution in [3.8, 4) is 0 Å². The number of rotatable bonds is 3. The summed E-state index contributed by atoms with van der Waals surface area (Å²) in [7, 11) is -2.73. The average molecular weight is 328 g/mol. The second-order valence-electron chi connectivity index (χ2n) is 6.72. The van der Waals surface area contributed by atoms with Gasteiger partial charge in [0.05, 0.1) is 5.25 Å². The van der Waals surface area contributed by atoms with Crippen LogP contribution in [0.5, 0.6) is 0 Å². The summed E-state index contributed by atoms with van der Waals surface area (Å²) in [5, 5.41) is 5.37. The smallest absolute Gasteiger partial charge is 0.410 e. The zero-order valence-electron chi connectivity index (χ0n) is 13.9. The minimum atomic E-state index is -2.73. The lowest BCUT2D eigenvalue weighted by molar-refractivity contribution is 0.0189. The maximum atomic E-state index is 12.3. The number of hydrogen-bond acceptors (Lipinski definition) is 4. The number of nitrogens with one attached hydrogen (secondary N) is 2. The van der Waals surface area contributed by atoms with Crippen molar-refractivity contribution in [2.24, 2.45) is 11.1 Å². The maximum absolute atomic E-state index is 12.3. The molecule has 1 fully saturated rings. The van der Waals surface area contributed by atoms with Crippen LogP contribution in [0.3, 0.4) is 0 Å². The van der Waals surface area contributed by atoms with Crippen molar-refractivity contribution in [2.75, 3.05) is 13.1 Å². The Morgan fingerprint density at radius 3 is 2.45 bits per heavy atom. The van der Waals surface area contributed by atoms with Crippen molar-refractivity contribution in [1.82, 2.24) is 4.90 Å². The molecule has 0 spiro atoms. The first-order valence-corrected chi connectivity index (χ1v) is 9.08. The third-order valence-electron chi connectivity index (χ3n) is 3.49. The van der Waals surface area contributed by atoms with Gasteiger partial charge in [0, 0.05) is 19.0 Å². The molecule has 0 unspecified atom stereocenters. The van der Waals surface area contributed by atoms with Gasteiger partial charge in [-0.3, -0.25) is 14.7 Å². The Bertz CT molecular complexity index is 561. The molecule has 6 nitrogen and oxygen atoms in total. The van der Waals surface area contributed by atoms with Crippen molar-refractivity contribution < 1.29 is 9.53 Å². The van der Waals surface area contributed by atoms with E-state index in [1.54, 1.807) is 4.90 Å². The van der Waals surface area contributed by atoms with E-state index in [4.69, 9.17) is 19.4 Å². The zero-order chi connectivity index (χ0) is 17.1. The predicted molar refractivity (Wildman–Crippen MR) is 90.6 cm³/mol. The second-order valence-corrected chi connectivity index (χ2v) is 8.81. The summed E-state index contributed by atoms with van der Waals surface area (Å²) >= 11 is 0. The quantitative estimate of drug-likeness (QED) is 0.692. The van der Waals surface area contributed by atoms with E-state index in [-0.39, 0.29) is 11.2 Å². The standard InChI is InChI=1S/C15H28N4O2S/c1-6-7-11(2)12-8-13(22(16,17)18)10-19(9-12)14(20)21-15(3,4)5/h6-7,12-13H,2,8-10H2,1,3-5H3,(H4,16,17,18)/b7-6-/t12-,13-/m0/s1. The van der Waals surface area contributed by atoms with Crippen LogP contribution in [0.25, 0.3) is 0 Å². The Morgan fingerprint density at radius 1 is 1.41 bits per heavy atom. The molecule has 7 heteroatoms. The van der Waals surface area contributed by atoms with Crippen LogP contribution in [-0.4, -0.2) is 34.9 Å². The highest BCUT2D eigenvalue weighted by atomic mass is 32.2. The molecule has 1 heterocycles. The second kappa shape index (κ2) is 6.83. The zero-order valence-corrected chi connectivity index (χ0v) is 14.7.